The van der Waals surface area contributed by atoms with Crippen molar-refractivity contribution < 1.29 is 9.90 Å². The van der Waals surface area contributed by atoms with Gasteiger partial charge in [-0.1, -0.05) is 0 Å². The zero-order valence-corrected chi connectivity index (χ0v) is 13.8. The zero-order chi connectivity index (χ0) is 14.8. The Labute approximate surface area is 133 Å². The normalized spacial score (nSPS) is 20.6. The summed E-state index contributed by atoms with van der Waals surface area (Å²) in [5.74, 6) is 0.137. The van der Waals surface area contributed by atoms with Gasteiger partial charge in [-0.3, -0.25) is 9.69 Å². The van der Waals surface area contributed by atoms with Crippen LogP contribution >= 0.6 is 15.9 Å². The van der Waals surface area contributed by atoms with Gasteiger partial charge in [0.25, 0.3) is 5.91 Å². The third-order valence-electron chi connectivity index (χ3n) is 4.27. The van der Waals surface area contributed by atoms with Gasteiger partial charge in [0.2, 0.25) is 0 Å². The van der Waals surface area contributed by atoms with Crippen LogP contribution in [-0.4, -0.2) is 64.7 Å². The highest BCUT2D eigenvalue weighted by Gasteiger charge is 2.30. The summed E-state index contributed by atoms with van der Waals surface area (Å²) in [4.78, 5) is 17.0. The van der Waals surface area contributed by atoms with E-state index < -0.39 is 0 Å². The number of carbonyl (C=O) groups is 1. The number of halogens is 1. The summed E-state index contributed by atoms with van der Waals surface area (Å²) in [6.07, 6.45) is 5.34. The molecule has 1 aromatic rings. The van der Waals surface area contributed by atoms with Crippen LogP contribution in [-0.2, 0) is 0 Å². The molecule has 0 spiro atoms. The summed E-state index contributed by atoms with van der Waals surface area (Å²) in [5.41, 5.74) is 0.806. The molecule has 0 bridgehead atoms. The number of aromatic nitrogens is 1. The molecule has 2 fully saturated rings. The molecule has 116 valence electrons. The molecular formula is C15H22BrN3O2. The van der Waals surface area contributed by atoms with Gasteiger partial charge in [0.15, 0.2) is 0 Å². The first kappa shape index (κ1) is 15.1. The highest BCUT2D eigenvalue weighted by atomic mass is 79.9. The van der Waals surface area contributed by atoms with Crippen LogP contribution in [0.4, 0.5) is 0 Å². The van der Waals surface area contributed by atoms with Crippen LogP contribution in [0.15, 0.2) is 16.7 Å². The maximum Gasteiger partial charge on any atom is 0.270 e. The molecule has 1 aliphatic heterocycles. The number of nitrogens with zero attached hydrogens (tertiary/aromatic N) is 3. The minimum atomic E-state index is 0.137. The molecule has 5 nitrogen and oxygen atoms in total. The van der Waals surface area contributed by atoms with Crippen molar-refractivity contribution in [1.29, 1.82) is 0 Å². The summed E-state index contributed by atoms with van der Waals surface area (Å²) in [6, 6.07) is 2.45. The van der Waals surface area contributed by atoms with Crippen LogP contribution in [0.5, 0.6) is 0 Å². The van der Waals surface area contributed by atoms with E-state index in [9.17, 15) is 4.79 Å². The number of aliphatic hydroxyl groups excluding tert-OH is 1. The van der Waals surface area contributed by atoms with E-state index in [0.717, 1.165) is 42.8 Å². The van der Waals surface area contributed by atoms with Gasteiger partial charge in [0.05, 0.1) is 6.61 Å². The molecule has 1 saturated carbocycles. The fraction of sp³-hybridized carbons (Fsp3) is 0.667. The molecular weight excluding hydrogens is 334 g/mol. The minimum Gasteiger partial charge on any atom is -0.395 e. The lowest BCUT2D eigenvalue weighted by Gasteiger charge is -2.22. The molecule has 1 amide bonds. The van der Waals surface area contributed by atoms with E-state index in [2.05, 4.69) is 25.4 Å². The molecule has 21 heavy (non-hydrogen) atoms. The Morgan fingerprint density at radius 2 is 2.10 bits per heavy atom. The van der Waals surface area contributed by atoms with Crippen molar-refractivity contribution in [1.82, 2.24) is 14.4 Å². The lowest BCUT2D eigenvalue weighted by molar-refractivity contribution is 0.0749. The van der Waals surface area contributed by atoms with Crippen molar-refractivity contribution in [2.45, 2.75) is 25.3 Å². The fourth-order valence-corrected chi connectivity index (χ4v) is 3.41. The molecule has 0 radical (unpaired) electrons. The molecule has 1 aromatic heterocycles. The van der Waals surface area contributed by atoms with Crippen LogP contribution in [0, 0.1) is 0 Å². The summed E-state index contributed by atoms with van der Waals surface area (Å²) in [7, 11) is 0. The van der Waals surface area contributed by atoms with E-state index in [1.165, 1.54) is 12.8 Å². The molecule has 0 unspecified atom stereocenters. The number of hydrogen-bond acceptors (Lipinski definition) is 3. The molecule has 0 atom stereocenters. The second kappa shape index (κ2) is 6.50. The Morgan fingerprint density at radius 3 is 2.81 bits per heavy atom. The summed E-state index contributed by atoms with van der Waals surface area (Å²) in [6.45, 7) is 4.23. The molecule has 1 saturated heterocycles. The lowest BCUT2D eigenvalue weighted by atomic mass is 10.3. The summed E-state index contributed by atoms with van der Waals surface area (Å²) >= 11 is 3.49. The topological polar surface area (TPSA) is 48.7 Å². The molecule has 2 aliphatic rings. The summed E-state index contributed by atoms with van der Waals surface area (Å²) in [5, 5.41) is 9.04. The van der Waals surface area contributed by atoms with Crippen LogP contribution in [0.25, 0.3) is 0 Å². The first-order valence-corrected chi connectivity index (χ1v) is 8.48. The number of amides is 1. The standard InChI is InChI=1S/C15H22BrN3O2/c16-12-10-14(19(11-12)13-2-3-13)15(21)18-5-1-4-17(6-7-18)8-9-20/h10-11,13,20H,1-9H2. The maximum atomic E-state index is 12.8. The third kappa shape index (κ3) is 3.49. The van der Waals surface area contributed by atoms with Crippen LogP contribution in [0.3, 0.4) is 0 Å². The van der Waals surface area contributed by atoms with E-state index in [1.54, 1.807) is 0 Å². The van der Waals surface area contributed by atoms with Crippen LogP contribution < -0.4 is 0 Å². The van der Waals surface area contributed by atoms with Crippen molar-refractivity contribution in [2.24, 2.45) is 0 Å². The second-order valence-electron chi connectivity index (χ2n) is 5.89. The number of carbonyl (C=O) groups excluding carboxylic acids is 1. The van der Waals surface area contributed by atoms with Gasteiger partial charge in [0, 0.05) is 42.9 Å². The van der Waals surface area contributed by atoms with E-state index in [-0.39, 0.29) is 12.5 Å². The minimum absolute atomic E-state index is 0.137. The number of β-amino-alcohol motifs (C(OH)–C–C–N with tert-alkyl or cyclic N) is 1. The monoisotopic (exact) mass is 355 g/mol. The second-order valence-corrected chi connectivity index (χ2v) is 6.81. The first-order chi connectivity index (χ1) is 10.2. The van der Waals surface area contributed by atoms with Crippen molar-refractivity contribution in [3.63, 3.8) is 0 Å². The van der Waals surface area contributed by atoms with Gasteiger partial charge < -0.3 is 14.6 Å². The Kier molecular flexibility index (Phi) is 4.66. The molecule has 2 heterocycles. The first-order valence-electron chi connectivity index (χ1n) is 7.69. The van der Waals surface area contributed by atoms with Crippen molar-refractivity contribution in [3.05, 3.63) is 22.4 Å². The molecule has 1 N–H and O–H groups in total. The predicted molar refractivity (Wildman–Crippen MR) is 84.4 cm³/mol. The van der Waals surface area contributed by atoms with Crippen LogP contribution in [0.1, 0.15) is 35.8 Å². The number of aliphatic hydroxyl groups is 1. The van der Waals surface area contributed by atoms with Crippen molar-refractivity contribution in [2.75, 3.05) is 39.3 Å². The maximum absolute atomic E-state index is 12.8. The van der Waals surface area contributed by atoms with Gasteiger partial charge in [0.1, 0.15) is 5.69 Å². The SMILES string of the molecule is O=C(c1cc(Br)cn1C1CC1)N1CCCN(CCO)CC1. The quantitative estimate of drug-likeness (QED) is 0.894. The Hall–Kier alpha value is -0.850. The molecule has 0 aromatic carbocycles. The zero-order valence-electron chi connectivity index (χ0n) is 12.2. The average molecular weight is 356 g/mol. The van der Waals surface area contributed by atoms with Crippen LogP contribution in [0.2, 0.25) is 0 Å². The molecule has 3 rings (SSSR count). The van der Waals surface area contributed by atoms with E-state index >= 15 is 0 Å². The van der Waals surface area contributed by atoms with Gasteiger partial charge in [-0.25, -0.2) is 0 Å². The average Bonchev–Trinajstić information content (AvgIpc) is 3.26. The van der Waals surface area contributed by atoms with E-state index in [1.807, 2.05) is 17.2 Å². The van der Waals surface area contributed by atoms with Crippen molar-refractivity contribution >= 4 is 21.8 Å². The fourth-order valence-electron chi connectivity index (χ4n) is 2.97. The Bertz CT molecular complexity index is 513. The number of hydrogen-bond donors (Lipinski definition) is 1. The van der Waals surface area contributed by atoms with Gasteiger partial charge in [-0.05, 0) is 47.8 Å². The van der Waals surface area contributed by atoms with Gasteiger partial charge in [-0.15, -0.1) is 0 Å². The lowest BCUT2D eigenvalue weighted by Crippen LogP contribution is -2.36. The van der Waals surface area contributed by atoms with E-state index in [0.29, 0.717) is 12.6 Å². The summed E-state index contributed by atoms with van der Waals surface area (Å²) < 4.78 is 3.11. The Balaban J connectivity index is 1.70. The highest BCUT2D eigenvalue weighted by Crippen LogP contribution is 2.37. The predicted octanol–water partition coefficient (Wildman–Crippen LogP) is 1.73. The van der Waals surface area contributed by atoms with Gasteiger partial charge >= 0.3 is 0 Å². The molecule has 6 heteroatoms. The highest BCUT2D eigenvalue weighted by molar-refractivity contribution is 9.10. The number of rotatable bonds is 4. The van der Waals surface area contributed by atoms with Crippen molar-refractivity contribution in [3.8, 4) is 0 Å². The van der Waals surface area contributed by atoms with E-state index in [4.69, 9.17) is 5.11 Å². The largest absolute Gasteiger partial charge is 0.395 e. The van der Waals surface area contributed by atoms with Gasteiger partial charge in [-0.2, -0.15) is 0 Å². The smallest absolute Gasteiger partial charge is 0.270 e. The molecule has 1 aliphatic carbocycles. The Morgan fingerprint density at radius 1 is 1.29 bits per heavy atom. The third-order valence-corrected chi connectivity index (χ3v) is 4.70.